The van der Waals surface area contributed by atoms with Gasteiger partial charge in [-0.3, -0.25) is 0 Å². The van der Waals surface area contributed by atoms with Gasteiger partial charge in [0.15, 0.2) is 11.5 Å². The molecule has 0 saturated carbocycles. The topological polar surface area (TPSA) is 52.5 Å². The maximum Gasteiger partial charge on any atom is 0.162 e. The van der Waals surface area contributed by atoms with Crippen LogP contribution in [-0.4, -0.2) is 10.2 Å². The van der Waals surface area contributed by atoms with E-state index in [0.29, 0.717) is 5.56 Å². The summed E-state index contributed by atoms with van der Waals surface area (Å²) in [5.74, 6) is -1.68. The van der Waals surface area contributed by atoms with Crippen LogP contribution in [0.2, 0.25) is 0 Å². The summed E-state index contributed by atoms with van der Waals surface area (Å²) in [6, 6.07) is 7.51. The molecule has 0 aliphatic rings. The van der Waals surface area contributed by atoms with Crippen LogP contribution in [0.15, 0.2) is 36.4 Å². The van der Waals surface area contributed by atoms with Crippen LogP contribution in [0.5, 0.6) is 11.5 Å². The molecule has 18 heavy (non-hydrogen) atoms. The van der Waals surface area contributed by atoms with E-state index in [0.717, 1.165) is 18.2 Å². The van der Waals surface area contributed by atoms with Gasteiger partial charge in [-0.25, -0.2) is 8.78 Å². The normalized spacial score (nSPS) is 10.3. The SMILES string of the molecule is Oc1cccc(CNc2cc(F)ccc2F)c1O. The van der Waals surface area contributed by atoms with Crippen molar-refractivity contribution in [1.29, 1.82) is 0 Å². The smallest absolute Gasteiger partial charge is 0.162 e. The summed E-state index contributed by atoms with van der Waals surface area (Å²) in [6.07, 6.45) is 0. The van der Waals surface area contributed by atoms with Crippen molar-refractivity contribution in [2.75, 3.05) is 5.32 Å². The van der Waals surface area contributed by atoms with Crippen molar-refractivity contribution < 1.29 is 19.0 Å². The van der Waals surface area contributed by atoms with Crippen molar-refractivity contribution in [2.24, 2.45) is 0 Å². The Bertz CT molecular complexity index is 571. The first kappa shape index (κ1) is 12.2. The number of para-hydroxylation sites is 1. The summed E-state index contributed by atoms with van der Waals surface area (Å²) in [6.45, 7) is 0.0700. The third kappa shape index (κ3) is 2.51. The Morgan fingerprint density at radius 3 is 2.61 bits per heavy atom. The predicted molar refractivity (Wildman–Crippen MR) is 63.5 cm³/mol. The van der Waals surface area contributed by atoms with E-state index in [-0.39, 0.29) is 23.7 Å². The Labute approximate surface area is 102 Å². The zero-order valence-electron chi connectivity index (χ0n) is 9.32. The highest BCUT2D eigenvalue weighted by atomic mass is 19.1. The van der Waals surface area contributed by atoms with Crippen LogP contribution < -0.4 is 5.32 Å². The first-order chi connectivity index (χ1) is 8.58. The van der Waals surface area contributed by atoms with E-state index < -0.39 is 11.6 Å². The first-order valence-electron chi connectivity index (χ1n) is 5.26. The first-order valence-corrected chi connectivity index (χ1v) is 5.26. The molecular formula is C13H11F2NO2. The van der Waals surface area contributed by atoms with Gasteiger partial charge in [0.25, 0.3) is 0 Å². The van der Waals surface area contributed by atoms with Crippen molar-refractivity contribution in [2.45, 2.75) is 6.54 Å². The largest absolute Gasteiger partial charge is 0.504 e. The van der Waals surface area contributed by atoms with E-state index in [1.165, 1.54) is 6.07 Å². The fourth-order valence-corrected chi connectivity index (χ4v) is 1.54. The number of aromatic hydroxyl groups is 2. The minimum atomic E-state index is -0.587. The highest BCUT2D eigenvalue weighted by Gasteiger charge is 2.07. The molecule has 94 valence electrons. The van der Waals surface area contributed by atoms with Crippen LogP contribution in [-0.2, 0) is 6.54 Å². The molecule has 2 rings (SSSR count). The molecule has 0 spiro atoms. The highest BCUT2D eigenvalue weighted by Crippen LogP contribution is 2.29. The average molecular weight is 251 g/mol. The molecule has 0 heterocycles. The van der Waals surface area contributed by atoms with Crippen LogP contribution in [0.1, 0.15) is 5.56 Å². The van der Waals surface area contributed by atoms with Gasteiger partial charge in [-0.05, 0) is 24.3 Å². The van der Waals surface area contributed by atoms with Gasteiger partial charge >= 0.3 is 0 Å². The number of phenols is 2. The van der Waals surface area contributed by atoms with Crippen molar-refractivity contribution in [1.82, 2.24) is 0 Å². The summed E-state index contributed by atoms with van der Waals surface area (Å²) < 4.78 is 26.2. The molecule has 0 radical (unpaired) electrons. The Hall–Kier alpha value is -2.30. The number of anilines is 1. The lowest BCUT2D eigenvalue weighted by atomic mass is 10.2. The second kappa shape index (κ2) is 4.91. The van der Waals surface area contributed by atoms with Crippen LogP contribution >= 0.6 is 0 Å². The number of hydrogen-bond acceptors (Lipinski definition) is 3. The fraction of sp³-hybridized carbons (Fsp3) is 0.0769. The maximum absolute atomic E-state index is 13.3. The van der Waals surface area contributed by atoms with E-state index in [1.807, 2.05) is 0 Å². The molecule has 2 aromatic carbocycles. The van der Waals surface area contributed by atoms with E-state index in [4.69, 9.17) is 0 Å². The van der Waals surface area contributed by atoms with Gasteiger partial charge in [-0.15, -0.1) is 0 Å². The third-order valence-electron chi connectivity index (χ3n) is 2.50. The van der Waals surface area contributed by atoms with Crippen LogP contribution in [0.25, 0.3) is 0 Å². The van der Waals surface area contributed by atoms with E-state index >= 15 is 0 Å². The molecule has 5 heteroatoms. The van der Waals surface area contributed by atoms with Gasteiger partial charge in [0.2, 0.25) is 0 Å². The number of halogens is 2. The van der Waals surface area contributed by atoms with Crippen molar-refractivity contribution in [3.05, 3.63) is 53.6 Å². The quantitative estimate of drug-likeness (QED) is 0.735. The van der Waals surface area contributed by atoms with Crippen molar-refractivity contribution in [3.8, 4) is 11.5 Å². The maximum atomic E-state index is 13.3. The zero-order valence-corrected chi connectivity index (χ0v) is 9.32. The molecule has 0 aliphatic heterocycles. The zero-order chi connectivity index (χ0) is 13.1. The molecule has 0 atom stereocenters. The number of phenolic OH excluding ortho intramolecular Hbond substituents is 2. The standard InChI is InChI=1S/C13H11F2NO2/c14-9-4-5-10(15)11(6-9)16-7-8-2-1-3-12(17)13(8)18/h1-6,16-18H,7H2. The minimum absolute atomic E-state index is 0.00209. The Balaban J connectivity index is 2.16. The van der Waals surface area contributed by atoms with E-state index in [9.17, 15) is 19.0 Å². The average Bonchev–Trinajstić information content (AvgIpc) is 2.35. The Morgan fingerprint density at radius 2 is 1.83 bits per heavy atom. The summed E-state index contributed by atoms with van der Waals surface area (Å²) in [5, 5.41) is 21.5. The predicted octanol–water partition coefficient (Wildman–Crippen LogP) is 2.99. The Kier molecular flexibility index (Phi) is 3.32. The van der Waals surface area contributed by atoms with E-state index in [1.54, 1.807) is 12.1 Å². The van der Waals surface area contributed by atoms with E-state index in [2.05, 4.69) is 5.32 Å². The summed E-state index contributed by atoms with van der Waals surface area (Å²) in [5.41, 5.74) is 0.386. The summed E-state index contributed by atoms with van der Waals surface area (Å²) in [7, 11) is 0. The van der Waals surface area contributed by atoms with Gasteiger partial charge in [0, 0.05) is 12.1 Å². The monoisotopic (exact) mass is 251 g/mol. The molecule has 0 amide bonds. The molecule has 3 nitrogen and oxygen atoms in total. The lowest BCUT2D eigenvalue weighted by molar-refractivity contribution is 0.400. The Morgan fingerprint density at radius 1 is 1.06 bits per heavy atom. The van der Waals surface area contributed by atoms with Gasteiger partial charge in [-0.2, -0.15) is 0 Å². The van der Waals surface area contributed by atoms with Crippen LogP contribution in [0, 0.1) is 11.6 Å². The lowest BCUT2D eigenvalue weighted by Crippen LogP contribution is -2.02. The molecule has 0 aromatic heterocycles. The summed E-state index contributed by atoms with van der Waals surface area (Å²) >= 11 is 0. The van der Waals surface area contributed by atoms with Gasteiger partial charge in [0.05, 0.1) is 5.69 Å². The van der Waals surface area contributed by atoms with Gasteiger partial charge in [-0.1, -0.05) is 12.1 Å². The molecular weight excluding hydrogens is 240 g/mol. The second-order valence-corrected chi connectivity index (χ2v) is 3.76. The molecule has 0 bridgehead atoms. The molecule has 0 unspecified atom stereocenters. The van der Waals surface area contributed by atoms with Gasteiger partial charge < -0.3 is 15.5 Å². The van der Waals surface area contributed by atoms with Crippen LogP contribution in [0.4, 0.5) is 14.5 Å². The molecule has 3 N–H and O–H groups in total. The molecule has 2 aromatic rings. The molecule has 0 saturated heterocycles. The number of rotatable bonds is 3. The van der Waals surface area contributed by atoms with Gasteiger partial charge in [0.1, 0.15) is 11.6 Å². The number of nitrogens with one attached hydrogen (secondary N) is 1. The highest BCUT2D eigenvalue weighted by molar-refractivity contribution is 5.49. The van der Waals surface area contributed by atoms with Crippen molar-refractivity contribution >= 4 is 5.69 Å². The van der Waals surface area contributed by atoms with Crippen molar-refractivity contribution in [3.63, 3.8) is 0 Å². The minimum Gasteiger partial charge on any atom is -0.504 e. The second-order valence-electron chi connectivity index (χ2n) is 3.76. The third-order valence-corrected chi connectivity index (χ3v) is 2.50. The number of benzene rings is 2. The molecule has 0 fully saturated rings. The fourth-order valence-electron chi connectivity index (χ4n) is 1.54. The van der Waals surface area contributed by atoms with Crippen LogP contribution in [0.3, 0.4) is 0 Å². The molecule has 0 aliphatic carbocycles. The lowest BCUT2D eigenvalue weighted by Gasteiger charge is -2.09. The summed E-state index contributed by atoms with van der Waals surface area (Å²) in [4.78, 5) is 0. The number of hydrogen-bond donors (Lipinski definition) is 3.